The SMILES string of the molecule is BrN1CCCCC1.CCCCCCN. The molecule has 0 saturated carbocycles. The smallest absolute Gasteiger partial charge is 0.0120 e. The van der Waals surface area contributed by atoms with Crippen molar-refractivity contribution in [3.05, 3.63) is 0 Å². The highest BCUT2D eigenvalue weighted by atomic mass is 79.9. The van der Waals surface area contributed by atoms with Crippen LogP contribution in [0.2, 0.25) is 0 Å². The van der Waals surface area contributed by atoms with Crippen LogP contribution in [-0.4, -0.2) is 23.6 Å². The van der Waals surface area contributed by atoms with E-state index in [1.165, 1.54) is 58.0 Å². The third kappa shape index (κ3) is 10.5. The summed E-state index contributed by atoms with van der Waals surface area (Å²) >= 11 is 3.42. The molecule has 0 aromatic carbocycles. The standard InChI is InChI=1S/C6H15N.C5H10BrN/c1-2-3-4-5-6-7;6-7-4-2-1-3-5-7/h2-7H2,1H3;1-5H2. The Morgan fingerprint density at radius 2 is 1.71 bits per heavy atom. The molecular weight excluding hydrogens is 240 g/mol. The summed E-state index contributed by atoms with van der Waals surface area (Å²) in [5.41, 5.74) is 5.27. The number of nitrogens with zero attached hydrogens (tertiary/aromatic N) is 1. The van der Waals surface area contributed by atoms with Gasteiger partial charge in [0.1, 0.15) is 0 Å². The van der Waals surface area contributed by atoms with Crippen molar-refractivity contribution in [2.75, 3.05) is 19.6 Å². The molecule has 1 heterocycles. The second-order valence-corrected chi connectivity index (χ2v) is 4.82. The van der Waals surface area contributed by atoms with Gasteiger partial charge in [-0.25, -0.2) is 3.93 Å². The maximum atomic E-state index is 5.27. The topological polar surface area (TPSA) is 29.3 Å². The average molecular weight is 265 g/mol. The molecular formula is C11H25BrN2. The van der Waals surface area contributed by atoms with E-state index in [-0.39, 0.29) is 0 Å². The van der Waals surface area contributed by atoms with E-state index in [0.717, 1.165) is 6.54 Å². The van der Waals surface area contributed by atoms with E-state index in [1.807, 2.05) is 0 Å². The van der Waals surface area contributed by atoms with Crippen molar-refractivity contribution in [3.63, 3.8) is 0 Å². The monoisotopic (exact) mass is 264 g/mol. The van der Waals surface area contributed by atoms with Crippen LogP contribution in [0.4, 0.5) is 0 Å². The third-order valence-corrected chi connectivity index (χ3v) is 3.07. The first-order chi connectivity index (χ1) is 6.81. The number of hydrogen-bond acceptors (Lipinski definition) is 2. The van der Waals surface area contributed by atoms with Crippen LogP contribution < -0.4 is 5.73 Å². The van der Waals surface area contributed by atoms with Crippen molar-refractivity contribution in [2.24, 2.45) is 5.73 Å². The van der Waals surface area contributed by atoms with Gasteiger partial charge in [-0.05, 0) is 25.8 Å². The Labute approximate surface area is 97.6 Å². The summed E-state index contributed by atoms with van der Waals surface area (Å²) in [7, 11) is 0. The van der Waals surface area contributed by atoms with Gasteiger partial charge in [-0.2, -0.15) is 0 Å². The second kappa shape index (κ2) is 11.5. The minimum atomic E-state index is 0.861. The molecule has 1 aliphatic heterocycles. The average Bonchev–Trinajstić information content (AvgIpc) is 2.21. The van der Waals surface area contributed by atoms with Crippen molar-refractivity contribution in [2.45, 2.75) is 51.9 Å². The van der Waals surface area contributed by atoms with E-state index < -0.39 is 0 Å². The molecule has 0 aromatic rings. The van der Waals surface area contributed by atoms with E-state index in [9.17, 15) is 0 Å². The Morgan fingerprint density at radius 1 is 1.07 bits per heavy atom. The molecule has 14 heavy (non-hydrogen) atoms. The molecule has 0 bridgehead atoms. The Kier molecular flexibility index (Phi) is 11.8. The first-order valence-electron chi connectivity index (χ1n) is 5.92. The van der Waals surface area contributed by atoms with E-state index in [1.54, 1.807) is 0 Å². The lowest BCUT2D eigenvalue weighted by Crippen LogP contribution is -2.18. The lowest BCUT2D eigenvalue weighted by atomic mass is 10.2. The van der Waals surface area contributed by atoms with Gasteiger partial charge in [-0.1, -0.05) is 32.6 Å². The molecule has 1 aliphatic rings. The fourth-order valence-electron chi connectivity index (χ4n) is 1.43. The molecule has 3 heteroatoms. The van der Waals surface area contributed by atoms with Crippen LogP contribution in [0.15, 0.2) is 0 Å². The summed E-state index contributed by atoms with van der Waals surface area (Å²) in [5, 5.41) is 0. The molecule has 0 atom stereocenters. The highest BCUT2D eigenvalue weighted by Crippen LogP contribution is 2.10. The Hall–Kier alpha value is 0.400. The summed E-state index contributed by atoms with van der Waals surface area (Å²) in [5.74, 6) is 0. The van der Waals surface area contributed by atoms with Gasteiger partial charge in [0, 0.05) is 29.2 Å². The lowest BCUT2D eigenvalue weighted by molar-refractivity contribution is 0.392. The molecule has 0 spiro atoms. The number of piperidine rings is 1. The third-order valence-electron chi connectivity index (χ3n) is 2.36. The molecule has 0 radical (unpaired) electrons. The molecule has 0 unspecified atom stereocenters. The van der Waals surface area contributed by atoms with Crippen molar-refractivity contribution >= 4 is 16.1 Å². The van der Waals surface area contributed by atoms with Gasteiger partial charge in [-0.3, -0.25) is 0 Å². The number of nitrogens with two attached hydrogens (primary N) is 1. The largest absolute Gasteiger partial charge is 0.330 e. The fraction of sp³-hybridized carbons (Fsp3) is 1.00. The lowest BCUT2D eigenvalue weighted by Gasteiger charge is -2.18. The normalized spacial score (nSPS) is 17.4. The number of halogens is 1. The first-order valence-corrected chi connectivity index (χ1v) is 6.63. The summed E-state index contributed by atoms with van der Waals surface area (Å²) in [6.45, 7) is 5.54. The van der Waals surface area contributed by atoms with Gasteiger partial charge < -0.3 is 5.73 Å². The Morgan fingerprint density at radius 3 is 2.07 bits per heavy atom. The molecule has 1 fully saturated rings. The second-order valence-electron chi connectivity index (χ2n) is 3.82. The van der Waals surface area contributed by atoms with Crippen LogP contribution in [0.25, 0.3) is 0 Å². The number of hydrogen-bond donors (Lipinski definition) is 1. The minimum Gasteiger partial charge on any atom is -0.330 e. The van der Waals surface area contributed by atoms with Gasteiger partial charge in [0.15, 0.2) is 0 Å². The quantitative estimate of drug-likeness (QED) is 0.624. The summed E-state index contributed by atoms with van der Waals surface area (Å²) in [6.07, 6.45) is 9.32. The maximum Gasteiger partial charge on any atom is 0.0120 e. The van der Waals surface area contributed by atoms with Gasteiger partial charge in [0.2, 0.25) is 0 Å². The molecule has 2 nitrogen and oxygen atoms in total. The maximum absolute atomic E-state index is 5.27. The van der Waals surface area contributed by atoms with Crippen LogP contribution in [0, 0.1) is 0 Å². The molecule has 0 amide bonds. The molecule has 1 rings (SSSR count). The fourth-order valence-corrected chi connectivity index (χ4v) is 1.93. The zero-order chi connectivity index (χ0) is 10.6. The predicted molar refractivity (Wildman–Crippen MR) is 67.5 cm³/mol. The zero-order valence-electron chi connectivity index (χ0n) is 9.47. The minimum absolute atomic E-state index is 0.861. The van der Waals surface area contributed by atoms with Crippen LogP contribution in [-0.2, 0) is 0 Å². The van der Waals surface area contributed by atoms with E-state index in [4.69, 9.17) is 5.73 Å². The van der Waals surface area contributed by atoms with Crippen molar-refractivity contribution in [1.82, 2.24) is 3.93 Å². The zero-order valence-corrected chi connectivity index (χ0v) is 11.1. The predicted octanol–water partition coefficient (Wildman–Crippen LogP) is 3.31. The highest BCUT2D eigenvalue weighted by molar-refractivity contribution is 9.07. The van der Waals surface area contributed by atoms with Crippen molar-refractivity contribution in [3.8, 4) is 0 Å². The van der Waals surface area contributed by atoms with E-state index in [2.05, 4.69) is 27.0 Å². The van der Waals surface area contributed by atoms with Gasteiger partial charge >= 0.3 is 0 Å². The summed E-state index contributed by atoms with van der Waals surface area (Å²) in [4.78, 5) is 0. The van der Waals surface area contributed by atoms with Gasteiger partial charge in [0.25, 0.3) is 0 Å². The van der Waals surface area contributed by atoms with Gasteiger partial charge in [-0.15, -0.1) is 0 Å². The van der Waals surface area contributed by atoms with Crippen LogP contribution in [0.3, 0.4) is 0 Å². The van der Waals surface area contributed by atoms with Crippen molar-refractivity contribution in [1.29, 1.82) is 0 Å². The Balaban J connectivity index is 0.000000241. The first kappa shape index (κ1) is 14.4. The van der Waals surface area contributed by atoms with E-state index in [0.29, 0.717) is 0 Å². The molecule has 0 aromatic heterocycles. The molecule has 86 valence electrons. The van der Waals surface area contributed by atoms with Crippen LogP contribution >= 0.6 is 16.1 Å². The number of rotatable bonds is 4. The van der Waals surface area contributed by atoms with E-state index >= 15 is 0 Å². The van der Waals surface area contributed by atoms with Gasteiger partial charge in [0.05, 0.1) is 0 Å². The number of unbranched alkanes of at least 4 members (excludes halogenated alkanes) is 3. The molecule has 2 N–H and O–H groups in total. The molecule has 0 aliphatic carbocycles. The van der Waals surface area contributed by atoms with Crippen molar-refractivity contribution < 1.29 is 0 Å². The van der Waals surface area contributed by atoms with Crippen LogP contribution in [0.5, 0.6) is 0 Å². The molecule has 1 saturated heterocycles. The van der Waals surface area contributed by atoms with Crippen LogP contribution in [0.1, 0.15) is 51.9 Å². The summed E-state index contributed by atoms with van der Waals surface area (Å²) < 4.78 is 2.20. The Bertz CT molecular complexity index is 99.5. The summed E-state index contributed by atoms with van der Waals surface area (Å²) in [6, 6.07) is 0. The highest BCUT2D eigenvalue weighted by Gasteiger charge is 2.04.